The number of carbonyl (C=O) groups excluding carboxylic acids is 1. The molecule has 2 saturated heterocycles. The molecule has 3 N–H and O–H groups in total. The van der Waals surface area contributed by atoms with Crippen LogP contribution in [0, 0.1) is 5.92 Å². The molecule has 2 aliphatic rings. The Labute approximate surface area is 123 Å². The van der Waals surface area contributed by atoms with E-state index in [0.717, 1.165) is 32.2 Å². The molecule has 0 aromatic rings. The fourth-order valence-corrected chi connectivity index (χ4v) is 3.82. The van der Waals surface area contributed by atoms with Crippen molar-refractivity contribution in [3.63, 3.8) is 0 Å². The van der Waals surface area contributed by atoms with Crippen LogP contribution in [0.1, 0.15) is 58.3 Å². The van der Waals surface area contributed by atoms with E-state index >= 15 is 0 Å². The number of nitrogens with zero attached hydrogens (tertiary/aromatic N) is 1. The summed E-state index contributed by atoms with van der Waals surface area (Å²) < 4.78 is 0. The summed E-state index contributed by atoms with van der Waals surface area (Å²) in [7, 11) is 0. The van der Waals surface area contributed by atoms with Crippen LogP contribution in [-0.4, -0.2) is 42.5 Å². The van der Waals surface area contributed by atoms with Gasteiger partial charge in [-0.05, 0) is 51.1 Å². The number of hydrogen-bond acceptors (Lipinski definition) is 3. The molecule has 0 spiro atoms. The van der Waals surface area contributed by atoms with Crippen molar-refractivity contribution in [1.29, 1.82) is 0 Å². The molecule has 1 amide bonds. The molecule has 3 atom stereocenters. The van der Waals surface area contributed by atoms with Gasteiger partial charge < -0.3 is 11.1 Å². The van der Waals surface area contributed by atoms with Crippen molar-refractivity contribution in [3.05, 3.63) is 0 Å². The Hall–Kier alpha value is -0.610. The van der Waals surface area contributed by atoms with Crippen molar-refractivity contribution in [2.45, 2.75) is 70.4 Å². The van der Waals surface area contributed by atoms with Crippen LogP contribution in [0.2, 0.25) is 0 Å². The fourth-order valence-electron chi connectivity index (χ4n) is 3.82. The van der Waals surface area contributed by atoms with E-state index in [4.69, 9.17) is 5.73 Å². The van der Waals surface area contributed by atoms with E-state index in [2.05, 4.69) is 17.1 Å². The molecule has 0 saturated carbocycles. The summed E-state index contributed by atoms with van der Waals surface area (Å²) in [6.07, 6.45) is 8.87. The van der Waals surface area contributed by atoms with Crippen LogP contribution < -0.4 is 11.1 Å². The maximum Gasteiger partial charge on any atom is 0.220 e. The van der Waals surface area contributed by atoms with Gasteiger partial charge in [0.1, 0.15) is 0 Å². The van der Waals surface area contributed by atoms with Gasteiger partial charge in [0, 0.05) is 25.0 Å². The van der Waals surface area contributed by atoms with Crippen LogP contribution in [0.15, 0.2) is 0 Å². The summed E-state index contributed by atoms with van der Waals surface area (Å²) in [5.74, 6) is 0.860. The molecule has 20 heavy (non-hydrogen) atoms. The zero-order valence-electron chi connectivity index (χ0n) is 12.9. The number of fused-ring (bicyclic) bond motifs is 1. The number of rotatable bonds is 7. The lowest BCUT2D eigenvalue weighted by Gasteiger charge is -2.32. The van der Waals surface area contributed by atoms with Crippen LogP contribution in [0.5, 0.6) is 0 Å². The minimum atomic E-state index is 0.248. The number of nitrogens with one attached hydrogen (secondary N) is 1. The van der Waals surface area contributed by atoms with Gasteiger partial charge in [0.2, 0.25) is 5.91 Å². The predicted molar refractivity (Wildman–Crippen MR) is 82.4 cm³/mol. The number of carbonyl (C=O) groups is 1. The lowest BCUT2D eigenvalue weighted by molar-refractivity contribution is -0.122. The second-order valence-corrected chi connectivity index (χ2v) is 6.45. The SMILES string of the molecule is CCC(CCN)CCC(=O)NC1CCN2CCCCC12. The largest absolute Gasteiger partial charge is 0.352 e. The predicted octanol–water partition coefficient (Wildman–Crippen LogP) is 1.88. The Balaban J connectivity index is 1.71. The molecule has 0 aromatic heterocycles. The van der Waals surface area contributed by atoms with E-state index in [1.54, 1.807) is 0 Å². The van der Waals surface area contributed by atoms with Crippen LogP contribution in [0.4, 0.5) is 0 Å². The van der Waals surface area contributed by atoms with Crippen molar-refractivity contribution >= 4 is 5.91 Å². The minimum absolute atomic E-state index is 0.248. The summed E-state index contributed by atoms with van der Waals surface area (Å²) in [6, 6.07) is 1.01. The molecule has 0 aliphatic carbocycles. The van der Waals surface area contributed by atoms with E-state index in [9.17, 15) is 4.79 Å². The monoisotopic (exact) mass is 281 g/mol. The molecule has 2 aliphatic heterocycles. The highest BCUT2D eigenvalue weighted by Crippen LogP contribution is 2.27. The third-order valence-corrected chi connectivity index (χ3v) is 5.13. The van der Waals surface area contributed by atoms with Gasteiger partial charge in [-0.3, -0.25) is 9.69 Å². The molecular formula is C16H31N3O. The quantitative estimate of drug-likeness (QED) is 0.749. The van der Waals surface area contributed by atoms with Gasteiger partial charge in [-0.15, -0.1) is 0 Å². The first kappa shape index (κ1) is 15.8. The number of hydrogen-bond donors (Lipinski definition) is 2. The van der Waals surface area contributed by atoms with Gasteiger partial charge in [0.15, 0.2) is 0 Å². The zero-order chi connectivity index (χ0) is 14.4. The summed E-state index contributed by atoms with van der Waals surface area (Å²) in [5.41, 5.74) is 5.61. The molecule has 0 radical (unpaired) electrons. The fraction of sp³-hybridized carbons (Fsp3) is 0.938. The molecule has 2 rings (SSSR count). The van der Waals surface area contributed by atoms with E-state index in [0.29, 0.717) is 24.4 Å². The summed E-state index contributed by atoms with van der Waals surface area (Å²) in [4.78, 5) is 14.7. The highest BCUT2D eigenvalue weighted by molar-refractivity contribution is 5.76. The summed E-state index contributed by atoms with van der Waals surface area (Å²) in [6.45, 7) is 5.32. The Kier molecular flexibility index (Phi) is 6.30. The van der Waals surface area contributed by atoms with Crippen molar-refractivity contribution in [1.82, 2.24) is 10.2 Å². The normalized spacial score (nSPS) is 28.1. The topological polar surface area (TPSA) is 58.4 Å². The van der Waals surface area contributed by atoms with E-state index in [1.165, 1.54) is 32.4 Å². The van der Waals surface area contributed by atoms with E-state index in [1.807, 2.05) is 0 Å². The molecule has 2 heterocycles. The van der Waals surface area contributed by atoms with Crippen LogP contribution in [0.25, 0.3) is 0 Å². The Morgan fingerprint density at radius 2 is 2.15 bits per heavy atom. The lowest BCUT2D eigenvalue weighted by Crippen LogP contribution is -2.46. The smallest absolute Gasteiger partial charge is 0.220 e. The van der Waals surface area contributed by atoms with Crippen LogP contribution in [-0.2, 0) is 4.79 Å². The van der Waals surface area contributed by atoms with Crippen molar-refractivity contribution in [2.75, 3.05) is 19.6 Å². The highest BCUT2D eigenvalue weighted by atomic mass is 16.1. The Bertz CT molecular complexity index is 308. The standard InChI is InChI=1S/C16H31N3O/c1-2-13(8-10-17)6-7-16(20)18-14-9-12-19-11-4-3-5-15(14)19/h13-15H,2-12,17H2,1H3,(H,18,20). The molecule has 4 heteroatoms. The summed E-state index contributed by atoms with van der Waals surface area (Å²) >= 11 is 0. The Morgan fingerprint density at radius 3 is 2.90 bits per heavy atom. The number of amides is 1. The van der Waals surface area contributed by atoms with Gasteiger partial charge in [-0.2, -0.15) is 0 Å². The van der Waals surface area contributed by atoms with E-state index in [-0.39, 0.29) is 5.91 Å². The second kappa shape index (κ2) is 7.99. The van der Waals surface area contributed by atoms with Crippen LogP contribution >= 0.6 is 0 Å². The Morgan fingerprint density at radius 1 is 1.30 bits per heavy atom. The van der Waals surface area contributed by atoms with Gasteiger partial charge in [-0.1, -0.05) is 19.8 Å². The van der Waals surface area contributed by atoms with Crippen molar-refractivity contribution in [3.8, 4) is 0 Å². The highest BCUT2D eigenvalue weighted by Gasteiger charge is 2.36. The first-order valence-electron chi connectivity index (χ1n) is 8.48. The maximum atomic E-state index is 12.1. The lowest BCUT2D eigenvalue weighted by atomic mass is 9.96. The zero-order valence-corrected chi connectivity index (χ0v) is 12.9. The van der Waals surface area contributed by atoms with E-state index < -0.39 is 0 Å². The second-order valence-electron chi connectivity index (χ2n) is 6.45. The first-order valence-corrected chi connectivity index (χ1v) is 8.48. The summed E-state index contributed by atoms with van der Waals surface area (Å²) in [5, 5.41) is 3.29. The average Bonchev–Trinajstić information content (AvgIpc) is 2.87. The van der Waals surface area contributed by atoms with Gasteiger partial charge in [0.25, 0.3) is 0 Å². The first-order chi connectivity index (χ1) is 9.74. The number of nitrogens with two attached hydrogens (primary N) is 1. The minimum Gasteiger partial charge on any atom is -0.352 e. The molecule has 3 unspecified atom stereocenters. The third-order valence-electron chi connectivity index (χ3n) is 5.13. The van der Waals surface area contributed by atoms with Gasteiger partial charge in [0.05, 0.1) is 0 Å². The van der Waals surface area contributed by atoms with Gasteiger partial charge in [-0.25, -0.2) is 0 Å². The van der Waals surface area contributed by atoms with Gasteiger partial charge >= 0.3 is 0 Å². The average molecular weight is 281 g/mol. The molecule has 0 aromatic carbocycles. The van der Waals surface area contributed by atoms with Crippen LogP contribution in [0.3, 0.4) is 0 Å². The van der Waals surface area contributed by atoms with Crippen molar-refractivity contribution < 1.29 is 4.79 Å². The number of piperidine rings is 1. The molecule has 4 nitrogen and oxygen atoms in total. The molecule has 116 valence electrons. The third kappa shape index (κ3) is 4.19. The maximum absolute atomic E-state index is 12.1. The molecular weight excluding hydrogens is 250 g/mol. The molecule has 0 bridgehead atoms. The van der Waals surface area contributed by atoms with Crippen molar-refractivity contribution in [2.24, 2.45) is 11.7 Å². The molecule has 2 fully saturated rings.